The molecular weight excluding hydrogens is 590 g/mol. The van der Waals surface area contributed by atoms with Crippen molar-refractivity contribution in [2.24, 2.45) is 10.2 Å². The molecule has 3 amide bonds. The molecule has 0 spiro atoms. The molecule has 0 aromatic carbocycles. The van der Waals surface area contributed by atoms with Gasteiger partial charge in [-0.15, -0.1) is 0 Å². The van der Waals surface area contributed by atoms with Gasteiger partial charge >= 0.3 is 0 Å². The van der Waals surface area contributed by atoms with Gasteiger partial charge in [0.1, 0.15) is 24.4 Å². The topological polar surface area (TPSA) is 277 Å². The highest BCUT2D eigenvalue weighted by atomic mass is 16.4. The van der Waals surface area contributed by atoms with E-state index in [1.54, 1.807) is 0 Å². The third-order valence-corrected chi connectivity index (χ3v) is 7.26. The average Bonchev–Trinajstić information content (AvgIpc) is 3.04. The highest BCUT2D eigenvalue weighted by molar-refractivity contribution is 5.88. The predicted molar refractivity (Wildman–Crippen MR) is 166 cm³/mol. The fourth-order valence-corrected chi connectivity index (χ4v) is 4.54. The zero-order valence-electron chi connectivity index (χ0n) is 26.4. The molecule has 0 rings (SSSR count). The lowest BCUT2D eigenvalue weighted by molar-refractivity contribution is -0.137. The van der Waals surface area contributed by atoms with Crippen LogP contribution in [0.5, 0.6) is 0 Å². The molecule has 0 aromatic rings. The number of aliphatic hydroxyl groups is 5. The van der Waals surface area contributed by atoms with Crippen LogP contribution in [0.25, 0.3) is 20.9 Å². The summed E-state index contributed by atoms with van der Waals surface area (Å²) >= 11 is 0. The molecule has 0 aliphatic heterocycles. The number of nitrogens with one attached hydrogen (secondary N) is 2. The van der Waals surface area contributed by atoms with Crippen molar-refractivity contribution < 1.29 is 39.9 Å². The SMILES string of the molecule is CCCCCCCCCCCCC(=O)N[C@H](CCC(=O)NCC(O)C(O)C(O)C(O)CO)C(=O)N(CCN=[N+]=[N-])CCN=[N+]=[N-]. The van der Waals surface area contributed by atoms with Gasteiger partial charge in [0.15, 0.2) is 0 Å². The van der Waals surface area contributed by atoms with Crippen molar-refractivity contribution in [1.82, 2.24) is 15.5 Å². The second-order valence-electron chi connectivity index (χ2n) is 10.9. The molecule has 258 valence electrons. The first-order valence-electron chi connectivity index (χ1n) is 15.8. The molecule has 7 N–H and O–H groups in total. The van der Waals surface area contributed by atoms with E-state index in [1.165, 1.54) is 37.0 Å². The summed E-state index contributed by atoms with van der Waals surface area (Å²) in [5.74, 6) is -1.56. The van der Waals surface area contributed by atoms with Crippen LogP contribution < -0.4 is 10.6 Å². The summed E-state index contributed by atoms with van der Waals surface area (Å²) in [5.41, 5.74) is 17.2. The minimum absolute atomic E-state index is 0.00699. The normalized spacial score (nSPS) is 14.2. The number of nitrogens with zero attached hydrogens (tertiary/aromatic N) is 7. The second-order valence-corrected chi connectivity index (χ2v) is 10.9. The molecule has 17 heteroatoms. The van der Waals surface area contributed by atoms with Crippen LogP contribution in [0.15, 0.2) is 10.2 Å². The maximum Gasteiger partial charge on any atom is 0.245 e. The number of hydrogen-bond donors (Lipinski definition) is 7. The van der Waals surface area contributed by atoms with Crippen molar-refractivity contribution >= 4 is 17.7 Å². The second kappa shape index (κ2) is 27.2. The van der Waals surface area contributed by atoms with E-state index in [2.05, 4.69) is 37.6 Å². The van der Waals surface area contributed by atoms with Crippen molar-refractivity contribution in [2.45, 2.75) is 121 Å². The molecule has 0 fully saturated rings. The van der Waals surface area contributed by atoms with Crippen LogP contribution in [0, 0.1) is 0 Å². The number of unbranched alkanes of at least 4 members (excludes halogenated alkanes) is 9. The van der Waals surface area contributed by atoms with Gasteiger partial charge in [-0.3, -0.25) is 14.4 Å². The lowest BCUT2D eigenvalue weighted by atomic mass is 10.0. The standard InChI is InChI=1S/C28H53N9O8/c1-2-3-4-5-6-7-8-9-10-11-12-25(42)34-21(28(45)37(17-15-32-35-29)18-16-33-36-30)13-14-24(41)31-19-22(39)26(43)27(44)23(40)20-38/h21-23,26-27,38-40,43-44H,2-20H2,1H3,(H,31,41)(H,34,42)/t21-,22?,23?,26?,27?/m1/s1. The molecule has 0 radical (unpaired) electrons. The number of carbonyl (C=O) groups is 3. The molecule has 0 heterocycles. The van der Waals surface area contributed by atoms with Crippen LogP contribution in [0.1, 0.15) is 90.4 Å². The Balaban J connectivity index is 5.16. The third-order valence-electron chi connectivity index (χ3n) is 7.26. The van der Waals surface area contributed by atoms with Gasteiger partial charge in [-0.05, 0) is 23.9 Å². The largest absolute Gasteiger partial charge is 0.394 e. The summed E-state index contributed by atoms with van der Waals surface area (Å²) in [6, 6.07) is -1.12. The number of carbonyl (C=O) groups excluding carboxylic acids is 3. The van der Waals surface area contributed by atoms with E-state index in [-0.39, 0.29) is 51.3 Å². The lowest BCUT2D eigenvalue weighted by Crippen LogP contribution is -2.51. The maximum atomic E-state index is 13.4. The van der Waals surface area contributed by atoms with Crippen molar-refractivity contribution in [3.05, 3.63) is 20.9 Å². The van der Waals surface area contributed by atoms with Crippen LogP contribution in [0.3, 0.4) is 0 Å². The average molecular weight is 644 g/mol. The highest BCUT2D eigenvalue weighted by Gasteiger charge is 2.30. The van der Waals surface area contributed by atoms with Crippen LogP contribution in [0.2, 0.25) is 0 Å². The summed E-state index contributed by atoms with van der Waals surface area (Å²) in [5, 5.41) is 59.9. The Bertz CT molecular complexity index is 910. The molecule has 5 atom stereocenters. The van der Waals surface area contributed by atoms with E-state index in [1.807, 2.05) is 0 Å². The molecular formula is C28H53N9O8. The van der Waals surface area contributed by atoms with Gasteiger partial charge < -0.3 is 41.1 Å². The van der Waals surface area contributed by atoms with E-state index in [0.29, 0.717) is 6.42 Å². The minimum atomic E-state index is -1.85. The first-order valence-corrected chi connectivity index (χ1v) is 15.8. The maximum absolute atomic E-state index is 13.4. The van der Waals surface area contributed by atoms with Crippen LogP contribution >= 0.6 is 0 Å². The third kappa shape index (κ3) is 20.5. The first kappa shape index (κ1) is 41.8. The summed E-state index contributed by atoms with van der Waals surface area (Å²) in [6.07, 6.45) is 3.70. The first-order chi connectivity index (χ1) is 21.6. The number of aliphatic hydroxyl groups excluding tert-OH is 5. The van der Waals surface area contributed by atoms with E-state index in [0.717, 1.165) is 25.7 Å². The van der Waals surface area contributed by atoms with E-state index in [9.17, 15) is 34.8 Å². The Morgan fingerprint density at radius 1 is 0.756 bits per heavy atom. The molecule has 0 bridgehead atoms. The van der Waals surface area contributed by atoms with Crippen molar-refractivity contribution in [3.8, 4) is 0 Å². The molecule has 0 aliphatic rings. The lowest BCUT2D eigenvalue weighted by Gasteiger charge is -2.27. The van der Waals surface area contributed by atoms with Crippen molar-refractivity contribution in [2.75, 3.05) is 39.3 Å². The van der Waals surface area contributed by atoms with E-state index < -0.39 is 55.4 Å². The molecule has 0 aromatic heterocycles. The summed E-state index contributed by atoms with van der Waals surface area (Å²) in [7, 11) is 0. The fraction of sp³-hybridized carbons (Fsp3) is 0.893. The molecule has 0 aliphatic carbocycles. The Labute approximate surface area is 264 Å². The van der Waals surface area contributed by atoms with Gasteiger partial charge in [-0.1, -0.05) is 74.9 Å². The predicted octanol–water partition coefficient (Wildman–Crippen LogP) is 1.56. The monoisotopic (exact) mass is 643 g/mol. The molecule has 17 nitrogen and oxygen atoms in total. The quantitative estimate of drug-likeness (QED) is 0.0283. The number of rotatable bonds is 28. The Hall–Kier alpha value is -3.17. The number of azide groups is 2. The highest BCUT2D eigenvalue weighted by Crippen LogP contribution is 2.12. The zero-order chi connectivity index (χ0) is 33.9. The van der Waals surface area contributed by atoms with Crippen LogP contribution in [0.4, 0.5) is 0 Å². The molecule has 45 heavy (non-hydrogen) atoms. The summed E-state index contributed by atoms with van der Waals surface area (Å²) in [6.45, 7) is 0.707. The smallest absolute Gasteiger partial charge is 0.245 e. The van der Waals surface area contributed by atoms with Gasteiger partial charge in [-0.2, -0.15) is 0 Å². The van der Waals surface area contributed by atoms with Gasteiger partial charge in [0.2, 0.25) is 17.7 Å². The van der Waals surface area contributed by atoms with Gasteiger partial charge in [0, 0.05) is 55.4 Å². The van der Waals surface area contributed by atoms with E-state index >= 15 is 0 Å². The van der Waals surface area contributed by atoms with Gasteiger partial charge in [-0.25, -0.2) is 0 Å². The fourth-order valence-electron chi connectivity index (χ4n) is 4.54. The summed E-state index contributed by atoms with van der Waals surface area (Å²) in [4.78, 5) is 45.3. The number of hydrogen-bond acceptors (Lipinski definition) is 10. The van der Waals surface area contributed by atoms with Crippen molar-refractivity contribution in [3.63, 3.8) is 0 Å². The van der Waals surface area contributed by atoms with Crippen LogP contribution in [-0.2, 0) is 14.4 Å². The Morgan fingerprint density at radius 2 is 1.27 bits per heavy atom. The Morgan fingerprint density at radius 3 is 1.78 bits per heavy atom. The van der Waals surface area contributed by atoms with Crippen molar-refractivity contribution in [1.29, 1.82) is 0 Å². The zero-order valence-corrected chi connectivity index (χ0v) is 26.4. The van der Waals surface area contributed by atoms with E-state index in [4.69, 9.17) is 16.2 Å². The van der Waals surface area contributed by atoms with Gasteiger partial charge in [0.05, 0.1) is 12.7 Å². The molecule has 0 saturated heterocycles. The van der Waals surface area contributed by atoms with Gasteiger partial charge in [0.25, 0.3) is 0 Å². The molecule has 0 saturated carbocycles. The van der Waals surface area contributed by atoms with Crippen LogP contribution in [-0.4, -0.2) is 118 Å². The Kier molecular flexibility index (Phi) is 25.3. The minimum Gasteiger partial charge on any atom is -0.394 e. The molecule has 4 unspecified atom stereocenters. The summed E-state index contributed by atoms with van der Waals surface area (Å²) < 4.78 is 0. The number of amides is 3.